The zero-order valence-corrected chi connectivity index (χ0v) is 18.5. The summed E-state index contributed by atoms with van der Waals surface area (Å²) in [4.78, 5) is 35.5. The summed E-state index contributed by atoms with van der Waals surface area (Å²) in [6, 6.07) is 1.68. The minimum atomic E-state index is -0.340. The number of aromatic nitrogens is 4. The molecule has 1 amide bonds. The molecule has 2 aromatic rings. The maximum atomic E-state index is 12.8. The molecule has 0 aromatic carbocycles. The van der Waals surface area contributed by atoms with Gasteiger partial charge in [-0.3, -0.25) is 14.3 Å². The van der Waals surface area contributed by atoms with E-state index >= 15 is 0 Å². The van der Waals surface area contributed by atoms with Gasteiger partial charge in [0.25, 0.3) is 0 Å². The zero-order valence-electron chi connectivity index (χ0n) is 17.8. The molecule has 1 aliphatic heterocycles. The Bertz CT molecular complexity index is 897. The fourth-order valence-corrected chi connectivity index (χ4v) is 4.35. The number of carbonyl (C=O) groups excluding carboxylic acids is 2. The summed E-state index contributed by atoms with van der Waals surface area (Å²) in [7, 11) is 1.73. The Morgan fingerprint density at radius 2 is 2.00 bits per heavy atom. The van der Waals surface area contributed by atoms with Crippen LogP contribution in [0.4, 0.5) is 5.82 Å². The molecule has 8 nitrogen and oxygen atoms in total. The number of piperidine rings is 1. The van der Waals surface area contributed by atoms with Crippen LogP contribution < -0.4 is 5.73 Å². The van der Waals surface area contributed by atoms with Gasteiger partial charge in [-0.2, -0.15) is 5.10 Å². The van der Waals surface area contributed by atoms with Crippen molar-refractivity contribution >= 4 is 29.1 Å². The Kier molecular flexibility index (Phi) is 7.07. The van der Waals surface area contributed by atoms with Crippen LogP contribution in [0.3, 0.4) is 0 Å². The molecule has 0 saturated carbocycles. The van der Waals surface area contributed by atoms with Crippen LogP contribution >= 0.6 is 11.6 Å². The number of aryl methyl sites for hydroxylation is 2. The summed E-state index contributed by atoms with van der Waals surface area (Å²) in [6.45, 7) is 5.01. The van der Waals surface area contributed by atoms with Crippen LogP contribution in [0, 0.1) is 18.8 Å². The molecule has 3 rings (SSSR count). The Morgan fingerprint density at radius 1 is 1.30 bits per heavy atom. The molecule has 0 radical (unpaired) electrons. The molecule has 1 fully saturated rings. The Balaban J connectivity index is 1.47. The van der Waals surface area contributed by atoms with Gasteiger partial charge in [-0.25, -0.2) is 9.97 Å². The van der Waals surface area contributed by atoms with Crippen molar-refractivity contribution in [2.75, 3.05) is 18.8 Å². The number of amides is 1. The molecule has 162 valence electrons. The minimum absolute atomic E-state index is 0.0446. The molecule has 1 aliphatic rings. The topological polar surface area (TPSA) is 107 Å². The van der Waals surface area contributed by atoms with Crippen molar-refractivity contribution in [3.05, 3.63) is 34.5 Å². The highest BCUT2D eigenvalue weighted by Gasteiger charge is 2.28. The van der Waals surface area contributed by atoms with Crippen molar-refractivity contribution in [2.24, 2.45) is 18.9 Å². The van der Waals surface area contributed by atoms with Crippen LogP contribution in [-0.2, 0) is 18.3 Å². The van der Waals surface area contributed by atoms with Crippen LogP contribution in [0.5, 0.6) is 0 Å². The third-order valence-electron chi connectivity index (χ3n) is 5.85. The largest absolute Gasteiger partial charge is 0.383 e. The highest BCUT2D eigenvalue weighted by molar-refractivity contribution is 6.30. The van der Waals surface area contributed by atoms with Crippen LogP contribution in [0.1, 0.15) is 54.5 Å². The highest BCUT2D eigenvalue weighted by Crippen LogP contribution is 2.27. The molecular weight excluding hydrogens is 404 g/mol. The molecule has 2 aromatic heterocycles. The molecule has 30 heavy (non-hydrogen) atoms. The SMILES string of the molecule is Cc1nc(N)c(CCC2CCN(C(=O)[C@H](C)CC(=O)c3ccnn3C)CC2)c(Cl)n1. The number of nitrogens with two attached hydrogens (primary N) is 1. The number of carbonyl (C=O) groups is 2. The first-order chi connectivity index (χ1) is 14.3. The van der Waals surface area contributed by atoms with E-state index in [1.807, 2.05) is 11.8 Å². The van der Waals surface area contributed by atoms with Gasteiger partial charge in [0.1, 0.15) is 22.5 Å². The second kappa shape index (κ2) is 9.55. The predicted octanol–water partition coefficient (Wildman–Crippen LogP) is 2.83. The summed E-state index contributed by atoms with van der Waals surface area (Å²) < 4.78 is 1.54. The molecule has 2 N–H and O–H groups in total. The van der Waals surface area contributed by atoms with Gasteiger partial charge < -0.3 is 10.6 Å². The van der Waals surface area contributed by atoms with Crippen LogP contribution in [0.15, 0.2) is 12.3 Å². The average Bonchev–Trinajstić information content (AvgIpc) is 3.13. The number of hydrogen-bond acceptors (Lipinski definition) is 6. The number of likely N-dealkylation sites (tertiary alicyclic amines) is 1. The molecule has 0 unspecified atom stereocenters. The standard InChI is InChI=1S/C21H29ClN6O2/c1-13(12-18(29)17-6-9-24-27(17)3)21(30)28-10-7-15(8-11-28)4-5-16-19(22)25-14(2)26-20(16)23/h6,9,13,15H,4-5,7-8,10-12H2,1-3H3,(H2,23,25,26)/t13-/m1/s1. The zero-order chi connectivity index (χ0) is 21.8. The number of ketones is 1. The van der Waals surface area contributed by atoms with Gasteiger partial charge in [0.15, 0.2) is 5.78 Å². The van der Waals surface area contributed by atoms with E-state index in [1.165, 1.54) is 0 Å². The van der Waals surface area contributed by atoms with E-state index in [0.29, 0.717) is 41.5 Å². The van der Waals surface area contributed by atoms with Crippen molar-refractivity contribution in [1.82, 2.24) is 24.6 Å². The maximum Gasteiger partial charge on any atom is 0.225 e. The van der Waals surface area contributed by atoms with Crippen LogP contribution in [0.2, 0.25) is 5.15 Å². The molecular formula is C21H29ClN6O2. The van der Waals surface area contributed by atoms with E-state index in [-0.39, 0.29) is 24.0 Å². The van der Waals surface area contributed by atoms with E-state index in [4.69, 9.17) is 17.3 Å². The third kappa shape index (κ3) is 5.16. The quantitative estimate of drug-likeness (QED) is 0.532. The van der Waals surface area contributed by atoms with Gasteiger partial charge in [0.05, 0.1) is 0 Å². The Hall–Kier alpha value is -2.48. The maximum absolute atomic E-state index is 12.8. The molecule has 0 bridgehead atoms. The Morgan fingerprint density at radius 3 is 2.60 bits per heavy atom. The van der Waals surface area contributed by atoms with Gasteiger partial charge in [-0.1, -0.05) is 18.5 Å². The monoisotopic (exact) mass is 432 g/mol. The van der Waals surface area contributed by atoms with Gasteiger partial charge >= 0.3 is 0 Å². The Labute approximate surface area is 181 Å². The van der Waals surface area contributed by atoms with E-state index in [2.05, 4.69) is 15.1 Å². The lowest BCUT2D eigenvalue weighted by atomic mass is 9.90. The van der Waals surface area contributed by atoms with E-state index < -0.39 is 0 Å². The number of nitrogen functional groups attached to an aromatic ring is 1. The fraction of sp³-hybridized carbons (Fsp3) is 0.571. The van der Waals surface area contributed by atoms with Crippen molar-refractivity contribution in [3.8, 4) is 0 Å². The van der Waals surface area contributed by atoms with E-state index in [9.17, 15) is 9.59 Å². The smallest absolute Gasteiger partial charge is 0.225 e. The summed E-state index contributed by atoms with van der Waals surface area (Å²) in [5.41, 5.74) is 7.34. The second-order valence-electron chi connectivity index (χ2n) is 8.10. The summed E-state index contributed by atoms with van der Waals surface area (Å²) in [5.74, 6) is 1.17. The first-order valence-corrected chi connectivity index (χ1v) is 10.7. The number of halogens is 1. The number of anilines is 1. The lowest BCUT2D eigenvalue weighted by Gasteiger charge is -2.33. The van der Waals surface area contributed by atoms with Gasteiger partial charge in [-0.15, -0.1) is 0 Å². The minimum Gasteiger partial charge on any atom is -0.383 e. The average molecular weight is 433 g/mol. The molecule has 1 saturated heterocycles. The predicted molar refractivity (Wildman–Crippen MR) is 115 cm³/mol. The van der Waals surface area contributed by atoms with E-state index in [0.717, 1.165) is 31.2 Å². The first kappa shape index (κ1) is 22.2. The summed E-state index contributed by atoms with van der Waals surface area (Å²) in [6.07, 6.45) is 5.32. The van der Waals surface area contributed by atoms with Crippen molar-refractivity contribution in [1.29, 1.82) is 0 Å². The highest BCUT2D eigenvalue weighted by atomic mass is 35.5. The lowest BCUT2D eigenvalue weighted by Crippen LogP contribution is -2.41. The van der Waals surface area contributed by atoms with Crippen molar-refractivity contribution in [3.63, 3.8) is 0 Å². The fourth-order valence-electron chi connectivity index (χ4n) is 4.03. The molecule has 0 aliphatic carbocycles. The van der Waals surface area contributed by atoms with Crippen LogP contribution in [-0.4, -0.2) is 49.4 Å². The van der Waals surface area contributed by atoms with Crippen molar-refractivity contribution < 1.29 is 9.59 Å². The second-order valence-corrected chi connectivity index (χ2v) is 8.46. The summed E-state index contributed by atoms with van der Waals surface area (Å²) >= 11 is 6.22. The number of nitrogens with zero attached hydrogens (tertiary/aromatic N) is 5. The normalized spacial score (nSPS) is 15.9. The number of rotatable bonds is 7. The molecule has 9 heteroatoms. The van der Waals surface area contributed by atoms with E-state index in [1.54, 1.807) is 30.9 Å². The van der Waals surface area contributed by atoms with Gasteiger partial charge in [0.2, 0.25) is 5.91 Å². The molecule has 3 heterocycles. The molecule has 1 atom stereocenters. The van der Waals surface area contributed by atoms with Crippen LogP contribution in [0.25, 0.3) is 0 Å². The molecule has 0 spiro atoms. The van der Waals surface area contributed by atoms with Crippen molar-refractivity contribution in [2.45, 2.75) is 46.0 Å². The number of Topliss-reactive ketones (excluding diaryl/α,β-unsaturated/α-hetero) is 1. The van der Waals surface area contributed by atoms with Gasteiger partial charge in [0, 0.05) is 44.2 Å². The third-order valence-corrected chi connectivity index (χ3v) is 6.16. The first-order valence-electron chi connectivity index (χ1n) is 10.3. The number of hydrogen-bond donors (Lipinski definition) is 1. The van der Waals surface area contributed by atoms with Gasteiger partial charge in [-0.05, 0) is 44.6 Å². The summed E-state index contributed by atoms with van der Waals surface area (Å²) in [5, 5.41) is 4.45. The lowest BCUT2D eigenvalue weighted by molar-refractivity contribution is -0.136.